The SMILES string of the molecule is CCOC(=O)c1ccccc1NC(=O)CSc1nc2sc(C)c(C)c2c(=O)[nH]1. The molecule has 0 aliphatic rings. The van der Waals surface area contributed by atoms with Gasteiger partial charge in [-0.25, -0.2) is 9.78 Å². The molecule has 0 saturated heterocycles. The second kappa shape index (κ2) is 8.57. The summed E-state index contributed by atoms with van der Waals surface area (Å²) in [5, 5.41) is 3.69. The highest BCUT2D eigenvalue weighted by Crippen LogP contribution is 2.27. The fraction of sp³-hybridized carbons (Fsp3) is 0.263. The average Bonchev–Trinajstić information content (AvgIpc) is 2.95. The molecule has 2 N–H and O–H groups in total. The van der Waals surface area contributed by atoms with E-state index in [9.17, 15) is 14.4 Å². The van der Waals surface area contributed by atoms with Crippen LogP contribution in [0.2, 0.25) is 0 Å². The van der Waals surface area contributed by atoms with Crippen molar-refractivity contribution in [3.05, 3.63) is 50.6 Å². The monoisotopic (exact) mass is 417 g/mol. The molecule has 0 aliphatic heterocycles. The third kappa shape index (κ3) is 4.26. The van der Waals surface area contributed by atoms with Crippen molar-refractivity contribution in [2.75, 3.05) is 17.7 Å². The number of rotatable bonds is 6. The van der Waals surface area contributed by atoms with Gasteiger partial charge in [0.05, 0.1) is 29.0 Å². The van der Waals surface area contributed by atoms with Crippen LogP contribution in [0.25, 0.3) is 10.2 Å². The number of anilines is 1. The van der Waals surface area contributed by atoms with E-state index in [2.05, 4.69) is 15.3 Å². The van der Waals surface area contributed by atoms with E-state index in [1.54, 1.807) is 31.2 Å². The van der Waals surface area contributed by atoms with Crippen molar-refractivity contribution in [3.8, 4) is 0 Å². The fourth-order valence-corrected chi connectivity index (χ4v) is 4.35. The molecule has 28 heavy (non-hydrogen) atoms. The molecule has 0 unspecified atom stereocenters. The minimum Gasteiger partial charge on any atom is -0.462 e. The second-order valence-corrected chi connectivity index (χ2v) is 8.10. The van der Waals surface area contributed by atoms with Crippen LogP contribution in [0.15, 0.2) is 34.2 Å². The van der Waals surface area contributed by atoms with E-state index in [1.165, 1.54) is 11.3 Å². The Morgan fingerprint density at radius 3 is 2.79 bits per heavy atom. The zero-order valence-electron chi connectivity index (χ0n) is 15.6. The zero-order chi connectivity index (χ0) is 20.3. The molecule has 0 radical (unpaired) electrons. The molecule has 146 valence electrons. The van der Waals surface area contributed by atoms with Crippen LogP contribution < -0.4 is 10.9 Å². The number of amides is 1. The molecule has 7 nitrogen and oxygen atoms in total. The first-order valence-corrected chi connectivity index (χ1v) is 10.4. The number of carbonyl (C=O) groups excluding carboxylic acids is 2. The Bertz CT molecular complexity index is 1100. The van der Waals surface area contributed by atoms with Crippen molar-refractivity contribution in [2.45, 2.75) is 25.9 Å². The molecular weight excluding hydrogens is 398 g/mol. The van der Waals surface area contributed by atoms with Gasteiger partial charge in [-0.3, -0.25) is 9.59 Å². The lowest BCUT2D eigenvalue weighted by Gasteiger charge is -2.10. The van der Waals surface area contributed by atoms with E-state index in [1.807, 2.05) is 13.8 Å². The molecule has 1 aromatic carbocycles. The molecule has 0 saturated carbocycles. The number of esters is 1. The number of hydrogen-bond acceptors (Lipinski definition) is 7. The van der Waals surface area contributed by atoms with Gasteiger partial charge in [-0.15, -0.1) is 11.3 Å². The number of fused-ring (bicyclic) bond motifs is 1. The lowest BCUT2D eigenvalue weighted by molar-refractivity contribution is -0.113. The number of aromatic amines is 1. The number of aryl methyl sites for hydroxylation is 2. The van der Waals surface area contributed by atoms with Crippen LogP contribution in [0, 0.1) is 13.8 Å². The number of nitrogens with one attached hydrogen (secondary N) is 2. The van der Waals surface area contributed by atoms with Gasteiger partial charge >= 0.3 is 5.97 Å². The Morgan fingerprint density at radius 2 is 2.04 bits per heavy atom. The number of thioether (sulfide) groups is 1. The molecule has 0 atom stereocenters. The first-order valence-electron chi connectivity index (χ1n) is 8.59. The molecule has 0 bridgehead atoms. The summed E-state index contributed by atoms with van der Waals surface area (Å²) in [7, 11) is 0. The molecule has 0 aliphatic carbocycles. The summed E-state index contributed by atoms with van der Waals surface area (Å²) >= 11 is 2.59. The molecule has 9 heteroatoms. The highest BCUT2D eigenvalue weighted by atomic mass is 32.2. The Balaban J connectivity index is 1.71. The van der Waals surface area contributed by atoms with Gasteiger partial charge in [0.15, 0.2) is 5.16 Å². The number of hydrogen-bond donors (Lipinski definition) is 2. The molecule has 0 fully saturated rings. The second-order valence-electron chi connectivity index (χ2n) is 5.94. The largest absolute Gasteiger partial charge is 0.462 e. The average molecular weight is 418 g/mol. The standard InChI is InChI=1S/C19H19N3O4S2/c1-4-26-18(25)12-7-5-6-8-13(12)20-14(23)9-27-19-21-16(24)15-10(2)11(3)28-17(15)22-19/h5-8H,4,9H2,1-3H3,(H,20,23)(H,21,22,24). The van der Waals surface area contributed by atoms with Crippen LogP contribution in [0.5, 0.6) is 0 Å². The molecule has 0 spiro atoms. The number of benzene rings is 1. The molecule has 2 aromatic heterocycles. The molecule has 1 amide bonds. The van der Waals surface area contributed by atoms with Crippen molar-refractivity contribution in [1.29, 1.82) is 0 Å². The highest BCUT2D eigenvalue weighted by molar-refractivity contribution is 7.99. The maximum atomic E-state index is 12.3. The smallest absolute Gasteiger partial charge is 0.340 e. The summed E-state index contributed by atoms with van der Waals surface area (Å²) in [6.45, 7) is 5.81. The van der Waals surface area contributed by atoms with Crippen molar-refractivity contribution in [1.82, 2.24) is 9.97 Å². The number of nitrogens with zero attached hydrogens (tertiary/aromatic N) is 1. The molecular formula is C19H19N3O4S2. The summed E-state index contributed by atoms with van der Waals surface area (Å²) in [5.41, 5.74) is 1.40. The van der Waals surface area contributed by atoms with E-state index in [0.717, 1.165) is 22.2 Å². The van der Waals surface area contributed by atoms with Gasteiger partial charge in [-0.1, -0.05) is 23.9 Å². The highest BCUT2D eigenvalue weighted by Gasteiger charge is 2.16. The van der Waals surface area contributed by atoms with E-state index in [0.29, 0.717) is 26.6 Å². The van der Waals surface area contributed by atoms with Gasteiger partial charge in [-0.05, 0) is 38.5 Å². The zero-order valence-corrected chi connectivity index (χ0v) is 17.3. The van der Waals surface area contributed by atoms with Crippen LogP contribution >= 0.6 is 23.1 Å². The normalized spacial score (nSPS) is 10.8. The van der Waals surface area contributed by atoms with Crippen LogP contribution in [-0.4, -0.2) is 34.2 Å². The molecule has 3 aromatic rings. The van der Waals surface area contributed by atoms with Gasteiger partial charge in [0.25, 0.3) is 5.56 Å². The lowest BCUT2D eigenvalue weighted by Crippen LogP contribution is -2.18. The van der Waals surface area contributed by atoms with E-state index >= 15 is 0 Å². The maximum absolute atomic E-state index is 12.3. The van der Waals surface area contributed by atoms with E-state index in [-0.39, 0.29) is 23.8 Å². The minimum absolute atomic E-state index is 0.0367. The van der Waals surface area contributed by atoms with Crippen molar-refractivity contribution in [2.24, 2.45) is 0 Å². The predicted octanol–water partition coefficient (Wildman–Crippen LogP) is 3.51. The summed E-state index contributed by atoms with van der Waals surface area (Å²) in [4.78, 5) is 45.5. The number of carbonyl (C=O) groups is 2. The fourth-order valence-electron chi connectivity index (χ4n) is 2.60. The van der Waals surface area contributed by atoms with Crippen molar-refractivity contribution in [3.63, 3.8) is 0 Å². The minimum atomic E-state index is -0.495. The van der Waals surface area contributed by atoms with Gasteiger partial charge in [0.1, 0.15) is 4.83 Å². The third-order valence-electron chi connectivity index (χ3n) is 4.05. The first kappa shape index (κ1) is 20.1. The van der Waals surface area contributed by atoms with Crippen molar-refractivity contribution < 1.29 is 14.3 Å². The van der Waals surface area contributed by atoms with Crippen LogP contribution in [-0.2, 0) is 9.53 Å². The Hall–Kier alpha value is -2.65. The van der Waals surface area contributed by atoms with Gasteiger partial charge in [-0.2, -0.15) is 0 Å². The van der Waals surface area contributed by atoms with Gasteiger partial charge < -0.3 is 15.0 Å². The van der Waals surface area contributed by atoms with Crippen LogP contribution in [0.3, 0.4) is 0 Å². The lowest BCUT2D eigenvalue weighted by atomic mass is 10.2. The number of ether oxygens (including phenoxy) is 1. The topological polar surface area (TPSA) is 101 Å². The first-order chi connectivity index (χ1) is 13.4. The van der Waals surface area contributed by atoms with Gasteiger partial charge in [0.2, 0.25) is 5.91 Å². The summed E-state index contributed by atoms with van der Waals surface area (Å²) in [6.07, 6.45) is 0. The number of para-hydroxylation sites is 1. The molecule has 3 rings (SSSR count). The van der Waals surface area contributed by atoms with Crippen LogP contribution in [0.1, 0.15) is 27.7 Å². The van der Waals surface area contributed by atoms with E-state index in [4.69, 9.17) is 4.74 Å². The van der Waals surface area contributed by atoms with Crippen molar-refractivity contribution >= 4 is 50.9 Å². The molecule has 2 heterocycles. The third-order valence-corrected chi connectivity index (χ3v) is 6.03. The van der Waals surface area contributed by atoms with Crippen LogP contribution in [0.4, 0.5) is 5.69 Å². The Labute approximate surface area is 169 Å². The Kier molecular flexibility index (Phi) is 6.15. The summed E-state index contributed by atoms with van der Waals surface area (Å²) < 4.78 is 5.00. The summed E-state index contributed by atoms with van der Waals surface area (Å²) in [6, 6.07) is 6.65. The maximum Gasteiger partial charge on any atom is 0.340 e. The van der Waals surface area contributed by atoms with Gasteiger partial charge in [0, 0.05) is 4.88 Å². The Morgan fingerprint density at radius 1 is 1.29 bits per heavy atom. The number of thiophene rings is 1. The van der Waals surface area contributed by atoms with E-state index < -0.39 is 5.97 Å². The quantitative estimate of drug-likeness (QED) is 0.362. The summed E-state index contributed by atoms with van der Waals surface area (Å²) in [5.74, 6) is -0.774. The number of H-pyrrole nitrogens is 1. The number of aromatic nitrogens is 2. The predicted molar refractivity (Wildman–Crippen MR) is 111 cm³/mol.